The van der Waals surface area contributed by atoms with Crippen LogP contribution in [0.25, 0.3) is 11.1 Å². The average molecular weight is 472 g/mol. The molecule has 0 aliphatic heterocycles. The molecule has 1 heterocycles. The summed E-state index contributed by atoms with van der Waals surface area (Å²) in [6, 6.07) is 17.5. The van der Waals surface area contributed by atoms with Crippen molar-refractivity contribution in [2.24, 2.45) is 5.41 Å². The van der Waals surface area contributed by atoms with Crippen molar-refractivity contribution in [2.75, 3.05) is 13.0 Å². The fourth-order valence-corrected chi connectivity index (χ4v) is 3.31. The summed E-state index contributed by atoms with van der Waals surface area (Å²) in [5.74, 6) is 0.714. The number of benzene rings is 2. The van der Waals surface area contributed by atoms with Crippen LogP contribution in [0.15, 0.2) is 73.3 Å². The number of imidazole rings is 1. The number of nitrogens with one attached hydrogen (secondary N) is 1. The van der Waals surface area contributed by atoms with Gasteiger partial charge >= 0.3 is 12.2 Å². The number of alkyl halides is 1. The summed E-state index contributed by atoms with van der Waals surface area (Å²) in [6.07, 6.45) is 1.24. The van der Waals surface area contributed by atoms with Crippen molar-refractivity contribution < 1.29 is 23.8 Å². The number of halogens is 1. The highest BCUT2D eigenvalue weighted by Crippen LogP contribution is 2.35. The molecule has 8 nitrogen and oxygen atoms in total. The van der Waals surface area contributed by atoms with Crippen molar-refractivity contribution in [1.82, 2.24) is 14.9 Å². The number of amides is 2. The SMILES string of the molecule is COC(=O)NC(=O)OC(C(Oc1ccc(-c2ccccc2)cc1)n1ccnc1)C(C)(C)CCl. The van der Waals surface area contributed by atoms with Gasteiger partial charge in [-0.3, -0.25) is 4.57 Å². The van der Waals surface area contributed by atoms with Gasteiger partial charge in [-0.2, -0.15) is 0 Å². The molecule has 1 N–H and O–H groups in total. The summed E-state index contributed by atoms with van der Waals surface area (Å²) in [4.78, 5) is 27.9. The van der Waals surface area contributed by atoms with Crippen molar-refractivity contribution in [1.29, 1.82) is 0 Å². The maximum atomic E-state index is 12.4. The van der Waals surface area contributed by atoms with Crippen molar-refractivity contribution in [3.8, 4) is 16.9 Å². The third-order valence-electron chi connectivity index (χ3n) is 5.03. The molecule has 2 unspecified atom stereocenters. The first kappa shape index (κ1) is 24.1. The third-order valence-corrected chi connectivity index (χ3v) is 5.72. The first-order valence-electron chi connectivity index (χ1n) is 10.2. The molecule has 0 spiro atoms. The van der Waals surface area contributed by atoms with Crippen LogP contribution in [-0.2, 0) is 9.47 Å². The van der Waals surface area contributed by atoms with Gasteiger partial charge in [-0.25, -0.2) is 19.9 Å². The van der Waals surface area contributed by atoms with E-state index >= 15 is 0 Å². The Kier molecular flexibility index (Phi) is 7.95. The number of alkyl carbamates (subject to hydrolysis) is 2. The Morgan fingerprint density at radius 3 is 2.30 bits per heavy atom. The van der Waals surface area contributed by atoms with Crippen LogP contribution in [0.3, 0.4) is 0 Å². The van der Waals surface area contributed by atoms with E-state index in [9.17, 15) is 9.59 Å². The Morgan fingerprint density at radius 1 is 1.06 bits per heavy atom. The van der Waals surface area contributed by atoms with Gasteiger partial charge in [0.1, 0.15) is 5.75 Å². The summed E-state index contributed by atoms with van der Waals surface area (Å²) in [5, 5.41) is 2.00. The summed E-state index contributed by atoms with van der Waals surface area (Å²) in [6.45, 7) is 3.67. The maximum Gasteiger partial charge on any atom is 0.417 e. The van der Waals surface area contributed by atoms with E-state index in [2.05, 4.69) is 9.72 Å². The fourth-order valence-electron chi connectivity index (χ4n) is 3.15. The second-order valence-corrected chi connectivity index (χ2v) is 8.24. The summed E-state index contributed by atoms with van der Waals surface area (Å²) in [7, 11) is 1.15. The lowest BCUT2D eigenvalue weighted by molar-refractivity contribution is -0.0727. The van der Waals surface area contributed by atoms with Gasteiger partial charge < -0.3 is 14.2 Å². The van der Waals surface area contributed by atoms with Gasteiger partial charge in [-0.1, -0.05) is 56.3 Å². The molecule has 2 aromatic carbocycles. The monoisotopic (exact) mass is 471 g/mol. The van der Waals surface area contributed by atoms with E-state index in [0.29, 0.717) is 5.75 Å². The minimum atomic E-state index is -0.974. The largest absolute Gasteiger partial charge is 0.466 e. The number of carbonyl (C=O) groups excluding carboxylic acids is 2. The fraction of sp³-hybridized carbons (Fsp3) is 0.292. The zero-order valence-electron chi connectivity index (χ0n) is 18.6. The summed E-state index contributed by atoms with van der Waals surface area (Å²) in [5.41, 5.74) is 1.39. The zero-order valence-corrected chi connectivity index (χ0v) is 19.4. The van der Waals surface area contributed by atoms with Gasteiger partial charge in [-0.05, 0) is 23.3 Å². The maximum absolute atomic E-state index is 12.4. The topological polar surface area (TPSA) is 91.7 Å². The average Bonchev–Trinajstić information content (AvgIpc) is 3.37. The molecule has 9 heteroatoms. The molecular weight excluding hydrogens is 446 g/mol. The molecule has 1 aromatic heterocycles. The molecule has 0 aliphatic carbocycles. The Morgan fingerprint density at radius 2 is 1.73 bits per heavy atom. The molecule has 0 saturated carbocycles. The molecule has 0 aliphatic rings. The van der Waals surface area contributed by atoms with E-state index < -0.39 is 29.9 Å². The molecule has 3 aromatic rings. The number of hydrogen-bond acceptors (Lipinski definition) is 6. The van der Waals surface area contributed by atoms with Crippen molar-refractivity contribution >= 4 is 23.8 Å². The highest BCUT2D eigenvalue weighted by atomic mass is 35.5. The molecule has 0 saturated heterocycles. The number of imide groups is 1. The van der Waals surface area contributed by atoms with Crippen LogP contribution in [0.4, 0.5) is 9.59 Å². The predicted molar refractivity (Wildman–Crippen MR) is 124 cm³/mol. The van der Waals surface area contributed by atoms with E-state index in [4.69, 9.17) is 21.1 Å². The Hall–Kier alpha value is -3.52. The van der Waals surface area contributed by atoms with E-state index in [-0.39, 0.29) is 5.88 Å². The van der Waals surface area contributed by atoms with Crippen LogP contribution in [0.2, 0.25) is 0 Å². The number of aromatic nitrogens is 2. The van der Waals surface area contributed by atoms with E-state index in [0.717, 1.165) is 18.2 Å². The number of rotatable bonds is 8. The number of carbonyl (C=O) groups is 2. The lowest BCUT2D eigenvalue weighted by atomic mass is 9.87. The van der Waals surface area contributed by atoms with E-state index in [1.54, 1.807) is 23.3 Å². The second kappa shape index (κ2) is 10.9. The number of ether oxygens (including phenoxy) is 3. The van der Waals surface area contributed by atoms with Gasteiger partial charge in [-0.15, -0.1) is 11.6 Å². The molecule has 0 radical (unpaired) electrons. The van der Waals surface area contributed by atoms with Gasteiger partial charge in [0.2, 0.25) is 6.23 Å². The van der Waals surface area contributed by atoms with Crippen molar-refractivity contribution in [3.63, 3.8) is 0 Å². The Bertz CT molecular complexity index is 1040. The number of hydrogen-bond donors (Lipinski definition) is 1. The van der Waals surface area contributed by atoms with E-state index in [1.165, 1.54) is 0 Å². The normalized spacial score (nSPS) is 13.0. The molecule has 0 bridgehead atoms. The highest BCUT2D eigenvalue weighted by molar-refractivity contribution is 6.18. The molecule has 2 amide bonds. The van der Waals surface area contributed by atoms with Crippen LogP contribution in [0.5, 0.6) is 5.75 Å². The van der Waals surface area contributed by atoms with Crippen LogP contribution >= 0.6 is 11.6 Å². The lowest BCUT2D eigenvalue weighted by Crippen LogP contribution is -2.46. The van der Waals surface area contributed by atoms with Gasteiger partial charge in [0.15, 0.2) is 6.10 Å². The molecule has 2 atom stereocenters. The Balaban J connectivity index is 1.89. The standard InChI is InChI=1S/C24H26ClN3O5/c1-24(2,15-25)20(33-23(30)27-22(29)31-3)21(28-14-13-26-16-28)32-19-11-9-18(10-12-19)17-7-5-4-6-8-17/h4-14,16,20-21H,15H2,1-3H3,(H,27,29,30). The summed E-state index contributed by atoms with van der Waals surface area (Å²) < 4.78 is 18.0. The van der Waals surface area contributed by atoms with Crippen LogP contribution in [-0.4, -0.2) is 40.8 Å². The third kappa shape index (κ3) is 6.26. The molecule has 33 heavy (non-hydrogen) atoms. The second-order valence-electron chi connectivity index (χ2n) is 7.97. The predicted octanol–water partition coefficient (Wildman–Crippen LogP) is 5.25. The van der Waals surface area contributed by atoms with Gasteiger partial charge in [0.25, 0.3) is 0 Å². The quantitative estimate of drug-likeness (QED) is 0.451. The zero-order chi connectivity index (χ0) is 23.8. The summed E-state index contributed by atoms with van der Waals surface area (Å²) >= 11 is 6.22. The number of methoxy groups -OCH3 is 1. The van der Waals surface area contributed by atoms with Gasteiger partial charge in [0, 0.05) is 23.7 Å². The first-order chi connectivity index (χ1) is 15.8. The highest BCUT2D eigenvalue weighted by Gasteiger charge is 2.41. The van der Waals surface area contributed by atoms with Crippen LogP contribution in [0, 0.1) is 5.41 Å². The Labute approximate surface area is 197 Å². The smallest absolute Gasteiger partial charge is 0.417 e. The molecule has 0 fully saturated rings. The van der Waals surface area contributed by atoms with Crippen LogP contribution in [0.1, 0.15) is 20.1 Å². The molecular formula is C24H26ClN3O5. The van der Waals surface area contributed by atoms with Gasteiger partial charge in [0.05, 0.1) is 13.4 Å². The molecule has 3 rings (SSSR count). The number of nitrogens with zero attached hydrogens (tertiary/aromatic N) is 2. The minimum Gasteiger partial charge on any atom is -0.466 e. The lowest BCUT2D eigenvalue weighted by Gasteiger charge is -2.37. The first-order valence-corrected chi connectivity index (χ1v) is 10.8. The molecule has 174 valence electrons. The van der Waals surface area contributed by atoms with Crippen molar-refractivity contribution in [3.05, 3.63) is 73.3 Å². The van der Waals surface area contributed by atoms with Crippen LogP contribution < -0.4 is 10.1 Å². The van der Waals surface area contributed by atoms with Crippen molar-refractivity contribution in [2.45, 2.75) is 26.2 Å². The van der Waals surface area contributed by atoms with E-state index in [1.807, 2.05) is 73.8 Å². The minimum absolute atomic E-state index is 0.157.